The number of aryl methyl sites for hydroxylation is 3. The van der Waals surface area contributed by atoms with E-state index in [1.54, 1.807) is 16.2 Å². The third kappa shape index (κ3) is 5.49. The summed E-state index contributed by atoms with van der Waals surface area (Å²) in [5.74, 6) is 0.557. The maximum Gasteiger partial charge on any atom is 0.268 e. The quantitative estimate of drug-likeness (QED) is 0.286. The second kappa shape index (κ2) is 11.2. The zero-order valence-electron chi connectivity index (χ0n) is 22.5. The van der Waals surface area contributed by atoms with Crippen LogP contribution in [0.4, 0.5) is 0 Å². The molecular weight excluding hydrogens is 510 g/mol. The van der Waals surface area contributed by atoms with Crippen LogP contribution in [-0.2, 0) is 17.6 Å². The zero-order valence-corrected chi connectivity index (χ0v) is 23.3. The van der Waals surface area contributed by atoms with E-state index in [9.17, 15) is 9.59 Å². The molecule has 5 rings (SSSR count). The molecule has 0 saturated carbocycles. The van der Waals surface area contributed by atoms with Crippen molar-refractivity contribution in [3.63, 3.8) is 0 Å². The number of hydrogen-bond donors (Lipinski definition) is 1. The van der Waals surface area contributed by atoms with Gasteiger partial charge < -0.3 is 10.1 Å². The fraction of sp³-hybridized carbons (Fsp3) is 0.267. The van der Waals surface area contributed by atoms with Crippen molar-refractivity contribution in [2.24, 2.45) is 0 Å². The molecule has 5 aromatic rings. The standard InChI is InChI=1S/C30H31N5O3S/c1-19(14-15-22-10-6-5-7-11-22)31-27(36)17-23-18-39-30-32-21(3)28(29(37)34(23)30)24-16-20(2)35(33-24)25-12-8-9-13-26(25)38-4/h5-13,16,18-19H,14-15,17H2,1-4H3,(H,31,36). The number of ether oxygens (including phenoxy) is 1. The third-order valence-corrected chi connectivity index (χ3v) is 7.61. The lowest BCUT2D eigenvalue weighted by atomic mass is 10.1. The summed E-state index contributed by atoms with van der Waals surface area (Å²) in [4.78, 5) is 31.9. The van der Waals surface area contributed by atoms with Crippen LogP contribution in [0.3, 0.4) is 0 Å². The van der Waals surface area contributed by atoms with Crippen LogP contribution in [0.25, 0.3) is 21.9 Å². The Labute approximate surface area is 230 Å². The van der Waals surface area contributed by atoms with Crippen LogP contribution in [0.2, 0.25) is 0 Å². The van der Waals surface area contributed by atoms with Crippen molar-refractivity contribution in [3.8, 4) is 22.7 Å². The molecule has 0 radical (unpaired) electrons. The van der Waals surface area contributed by atoms with E-state index in [0.29, 0.717) is 33.4 Å². The Morgan fingerprint density at radius 1 is 1.10 bits per heavy atom. The fourth-order valence-electron chi connectivity index (χ4n) is 4.76. The van der Waals surface area contributed by atoms with Crippen LogP contribution < -0.4 is 15.6 Å². The normalized spacial score (nSPS) is 12.0. The first kappa shape index (κ1) is 26.4. The van der Waals surface area contributed by atoms with Gasteiger partial charge in [-0.25, -0.2) is 9.67 Å². The molecule has 1 amide bonds. The van der Waals surface area contributed by atoms with E-state index in [0.717, 1.165) is 24.2 Å². The van der Waals surface area contributed by atoms with Gasteiger partial charge >= 0.3 is 0 Å². The average Bonchev–Trinajstić information content (AvgIpc) is 3.50. The topological polar surface area (TPSA) is 90.5 Å². The van der Waals surface area contributed by atoms with E-state index in [1.165, 1.54) is 16.9 Å². The van der Waals surface area contributed by atoms with Gasteiger partial charge in [0.15, 0.2) is 4.96 Å². The first-order valence-electron chi connectivity index (χ1n) is 12.9. The maximum atomic E-state index is 13.8. The number of hydrogen-bond acceptors (Lipinski definition) is 6. The lowest BCUT2D eigenvalue weighted by Gasteiger charge is -2.14. The Morgan fingerprint density at radius 3 is 2.62 bits per heavy atom. The van der Waals surface area contributed by atoms with Crippen molar-refractivity contribution in [1.29, 1.82) is 0 Å². The highest BCUT2D eigenvalue weighted by Gasteiger charge is 2.21. The maximum absolute atomic E-state index is 13.8. The van der Waals surface area contributed by atoms with Gasteiger partial charge in [-0.15, -0.1) is 11.3 Å². The molecule has 1 atom stereocenters. The molecule has 0 bridgehead atoms. The average molecular weight is 542 g/mol. The van der Waals surface area contributed by atoms with Gasteiger partial charge in [0.1, 0.15) is 17.1 Å². The van der Waals surface area contributed by atoms with Gasteiger partial charge in [0, 0.05) is 22.8 Å². The van der Waals surface area contributed by atoms with E-state index in [2.05, 4.69) is 22.4 Å². The number of carbonyl (C=O) groups excluding carboxylic acids is 1. The number of carbonyl (C=O) groups is 1. The highest BCUT2D eigenvalue weighted by Crippen LogP contribution is 2.27. The van der Waals surface area contributed by atoms with Gasteiger partial charge in [-0.1, -0.05) is 42.5 Å². The Bertz CT molecular complexity index is 1690. The molecule has 0 aliphatic carbocycles. The van der Waals surface area contributed by atoms with Crippen LogP contribution in [0.1, 0.15) is 36.0 Å². The van der Waals surface area contributed by atoms with Crippen LogP contribution in [0.5, 0.6) is 5.75 Å². The molecule has 0 spiro atoms. The molecule has 2 aromatic carbocycles. The number of amides is 1. The highest BCUT2D eigenvalue weighted by atomic mass is 32.1. The second-order valence-corrected chi connectivity index (χ2v) is 10.5. The molecule has 3 aromatic heterocycles. The van der Waals surface area contributed by atoms with Gasteiger partial charge in [-0.3, -0.25) is 14.0 Å². The van der Waals surface area contributed by atoms with E-state index in [4.69, 9.17) is 9.84 Å². The molecule has 1 unspecified atom stereocenters. The van der Waals surface area contributed by atoms with Crippen LogP contribution in [0.15, 0.2) is 70.8 Å². The van der Waals surface area contributed by atoms with Gasteiger partial charge in [-0.2, -0.15) is 5.10 Å². The number of nitrogens with one attached hydrogen (secondary N) is 1. The number of nitrogens with zero attached hydrogens (tertiary/aromatic N) is 4. The van der Waals surface area contributed by atoms with Crippen LogP contribution in [0, 0.1) is 13.8 Å². The van der Waals surface area contributed by atoms with Crippen molar-refractivity contribution in [2.75, 3.05) is 7.11 Å². The summed E-state index contributed by atoms with van der Waals surface area (Å²) >= 11 is 1.35. The number of fused-ring (bicyclic) bond motifs is 1. The first-order chi connectivity index (χ1) is 18.9. The number of para-hydroxylation sites is 2. The summed E-state index contributed by atoms with van der Waals surface area (Å²) in [5.41, 5.74) is 4.80. The van der Waals surface area contributed by atoms with Crippen LogP contribution >= 0.6 is 11.3 Å². The summed E-state index contributed by atoms with van der Waals surface area (Å²) in [7, 11) is 1.62. The van der Waals surface area contributed by atoms with Gasteiger partial charge in [0.2, 0.25) is 5.91 Å². The van der Waals surface area contributed by atoms with Crippen molar-refractivity contribution in [1.82, 2.24) is 24.5 Å². The largest absolute Gasteiger partial charge is 0.494 e. The van der Waals surface area contributed by atoms with E-state index >= 15 is 0 Å². The van der Waals surface area contributed by atoms with Gasteiger partial charge in [0.25, 0.3) is 5.56 Å². The van der Waals surface area contributed by atoms with Crippen molar-refractivity contribution >= 4 is 22.2 Å². The molecule has 8 nitrogen and oxygen atoms in total. The number of aromatic nitrogens is 4. The predicted octanol–water partition coefficient (Wildman–Crippen LogP) is 4.91. The molecule has 0 saturated heterocycles. The minimum atomic E-state index is -0.233. The van der Waals surface area contributed by atoms with Crippen molar-refractivity contribution in [2.45, 2.75) is 46.1 Å². The predicted molar refractivity (Wildman–Crippen MR) is 154 cm³/mol. The lowest BCUT2D eigenvalue weighted by Crippen LogP contribution is -2.34. The van der Waals surface area contributed by atoms with Gasteiger partial charge in [0.05, 0.1) is 24.8 Å². The highest BCUT2D eigenvalue weighted by molar-refractivity contribution is 7.15. The molecule has 3 heterocycles. The number of thiazole rings is 1. The Balaban J connectivity index is 1.40. The molecule has 200 valence electrons. The van der Waals surface area contributed by atoms with E-state index in [1.807, 2.05) is 74.7 Å². The van der Waals surface area contributed by atoms with Crippen molar-refractivity contribution < 1.29 is 9.53 Å². The summed E-state index contributed by atoms with van der Waals surface area (Å²) in [6.07, 6.45) is 1.81. The SMILES string of the molecule is COc1ccccc1-n1nc(-c2c(C)nc3scc(CC(=O)NC(C)CCc4ccccc4)n3c2=O)cc1C. The number of methoxy groups -OCH3 is 1. The Kier molecular flexibility index (Phi) is 7.60. The molecule has 9 heteroatoms. The summed E-state index contributed by atoms with van der Waals surface area (Å²) in [5, 5.41) is 9.66. The fourth-order valence-corrected chi connectivity index (χ4v) is 5.69. The Morgan fingerprint density at radius 2 is 1.85 bits per heavy atom. The van der Waals surface area contributed by atoms with Crippen molar-refractivity contribution in [3.05, 3.63) is 99.0 Å². The molecule has 1 N–H and O–H groups in total. The third-order valence-electron chi connectivity index (χ3n) is 6.74. The second-order valence-electron chi connectivity index (χ2n) is 9.65. The van der Waals surface area contributed by atoms with E-state index < -0.39 is 0 Å². The van der Waals surface area contributed by atoms with Crippen LogP contribution in [-0.4, -0.2) is 38.2 Å². The lowest BCUT2D eigenvalue weighted by molar-refractivity contribution is -0.121. The molecule has 0 aliphatic rings. The molecular formula is C30H31N5O3S. The molecule has 0 aliphatic heterocycles. The summed E-state index contributed by atoms with van der Waals surface area (Å²) in [6.45, 7) is 5.75. The summed E-state index contributed by atoms with van der Waals surface area (Å²) in [6, 6.07) is 19.7. The molecule has 0 fully saturated rings. The number of benzene rings is 2. The number of rotatable bonds is 9. The monoisotopic (exact) mass is 541 g/mol. The smallest absolute Gasteiger partial charge is 0.268 e. The zero-order chi connectivity index (χ0) is 27.5. The van der Waals surface area contributed by atoms with Gasteiger partial charge in [-0.05, 0) is 57.4 Å². The van der Waals surface area contributed by atoms with E-state index in [-0.39, 0.29) is 23.9 Å². The molecule has 39 heavy (non-hydrogen) atoms. The summed E-state index contributed by atoms with van der Waals surface area (Å²) < 4.78 is 8.81. The Hall–Kier alpha value is -4.24. The minimum absolute atomic E-state index is 0.0113. The first-order valence-corrected chi connectivity index (χ1v) is 13.8. The minimum Gasteiger partial charge on any atom is -0.494 e.